The van der Waals surface area contributed by atoms with Crippen molar-refractivity contribution in [1.29, 1.82) is 0 Å². The number of halogens is 9. The zero-order valence-electron chi connectivity index (χ0n) is 17.0. The van der Waals surface area contributed by atoms with Crippen LogP contribution >= 0.6 is 0 Å². The second kappa shape index (κ2) is 9.40. The summed E-state index contributed by atoms with van der Waals surface area (Å²) in [6.45, 7) is 0. The third kappa shape index (κ3) is 4.55. The average molecular weight is 507 g/mol. The smallest absolute Gasteiger partial charge is 0.205 e. The first-order chi connectivity index (χ1) is 15.8. The summed E-state index contributed by atoms with van der Waals surface area (Å²) in [5, 5.41) is 0. The molecule has 0 atom stereocenters. The van der Waals surface area contributed by atoms with Crippen LogP contribution < -0.4 is 0 Å². The van der Waals surface area contributed by atoms with Gasteiger partial charge >= 0.3 is 23.7 Å². The predicted octanol–water partition coefficient (Wildman–Crippen LogP) is 8.18. The molecule has 0 fully saturated rings. The second-order valence-electron chi connectivity index (χ2n) is 7.08. The van der Waals surface area contributed by atoms with Gasteiger partial charge in [-0.3, -0.25) is 0 Å². The number of hydrogen-bond acceptors (Lipinski definition) is 0. The summed E-state index contributed by atoms with van der Waals surface area (Å²) in [7, 11) is -0.0146. The molecule has 180 valence electrons. The van der Waals surface area contributed by atoms with Crippen molar-refractivity contribution in [2.75, 3.05) is 0 Å². The molecule has 0 radical (unpaired) electrons. The molecular formula is C24H16F9S+. The highest BCUT2D eigenvalue weighted by atomic mass is 32.2. The highest BCUT2D eigenvalue weighted by Gasteiger charge is 2.84. The van der Waals surface area contributed by atoms with Crippen molar-refractivity contribution < 1.29 is 39.5 Å². The fourth-order valence-electron chi connectivity index (χ4n) is 2.97. The van der Waals surface area contributed by atoms with E-state index in [-0.39, 0.29) is 10.9 Å². The summed E-state index contributed by atoms with van der Waals surface area (Å²) in [6.07, 6.45) is -1.50. The predicted molar refractivity (Wildman–Crippen MR) is 110 cm³/mol. The number of benzene rings is 3. The van der Waals surface area contributed by atoms with Crippen molar-refractivity contribution in [2.24, 2.45) is 0 Å². The van der Waals surface area contributed by atoms with Gasteiger partial charge in [0.15, 0.2) is 20.5 Å². The van der Waals surface area contributed by atoms with Crippen molar-refractivity contribution in [3.63, 3.8) is 0 Å². The maximum Gasteiger partial charge on any atom is 0.385 e. The van der Waals surface area contributed by atoms with Gasteiger partial charge in [0.2, 0.25) is 0 Å². The topological polar surface area (TPSA) is 0 Å². The molecule has 1 aliphatic carbocycles. The lowest BCUT2D eigenvalue weighted by atomic mass is 9.91. The molecule has 3 aromatic carbocycles. The Morgan fingerprint density at radius 2 is 0.794 bits per heavy atom. The van der Waals surface area contributed by atoms with Crippen molar-refractivity contribution in [1.82, 2.24) is 0 Å². The molecule has 0 amide bonds. The van der Waals surface area contributed by atoms with Crippen molar-refractivity contribution in [3.05, 3.63) is 103 Å². The monoisotopic (exact) mass is 507 g/mol. The minimum absolute atomic E-state index is 0.0146. The van der Waals surface area contributed by atoms with E-state index in [9.17, 15) is 39.5 Å². The fraction of sp³-hybridized carbons (Fsp3) is 0.167. The molecule has 0 saturated carbocycles. The average Bonchev–Trinajstić information content (AvgIpc) is 2.80. The molecule has 0 aromatic heterocycles. The van der Waals surface area contributed by atoms with Gasteiger partial charge in [0.1, 0.15) is 0 Å². The first-order valence-electron chi connectivity index (χ1n) is 9.62. The van der Waals surface area contributed by atoms with E-state index in [4.69, 9.17) is 0 Å². The Bertz CT molecular complexity index is 1020. The van der Waals surface area contributed by atoms with Crippen molar-refractivity contribution in [2.45, 2.75) is 38.4 Å². The van der Waals surface area contributed by atoms with E-state index in [0.29, 0.717) is 0 Å². The van der Waals surface area contributed by atoms with Crippen molar-refractivity contribution in [3.8, 4) is 0 Å². The molecule has 0 nitrogen and oxygen atoms in total. The molecule has 34 heavy (non-hydrogen) atoms. The minimum atomic E-state index is -6.48. The molecule has 0 bridgehead atoms. The van der Waals surface area contributed by atoms with E-state index >= 15 is 0 Å². The lowest BCUT2D eigenvalue weighted by Crippen LogP contribution is -2.64. The van der Waals surface area contributed by atoms with Crippen LogP contribution in [-0.2, 0) is 10.9 Å². The van der Waals surface area contributed by atoms with E-state index in [2.05, 4.69) is 91.0 Å². The van der Waals surface area contributed by atoms with E-state index in [0.717, 1.165) is 0 Å². The van der Waals surface area contributed by atoms with Crippen LogP contribution in [0.4, 0.5) is 39.5 Å². The van der Waals surface area contributed by atoms with Crippen LogP contribution in [-0.4, -0.2) is 23.7 Å². The highest BCUT2D eigenvalue weighted by Crippen LogP contribution is 2.59. The molecular weight excluding hydrogens is 491 g/mol. The van der Waals surface area contributed by atoms with Gasteiger partial charge < -0.3 is 0 Å². The Kier molecular flexibility index (Phi) is 7.12. The zero-order chi connectivity index (χ0) is 25.2. The first-order valence-corrected chi connectivity index (χ1v) is 10.8. The Morgan fingerprint density at radius 1 is 0.471 bits per heavy atom. The molecule has 10 heteroatoms. The van der Waals surface area contributed by atoms with Crippen LogP contribution in [0.25, 0.3) is 0 Å². The van der Waals surface area contributed by atoms with Gasteiger partial charge in [-0.1, -0.05) is 54.6 Å². The van der Waals surface area contributed by atoms with Crippen LogP contribution in [0, 0.1) is 0 Å². The molecule has 0 unspecified atom stereocenters. The molecule has 0 spiro atoms. The molecule has 0 saturated heterocycles. The minimum Gasteiger partial charge on any atom is -0.205 e. The summed E-state index contributed by atoms with van der Waals surface area (Å²) in [4.78, 5) is 4.08. The van der Waals surface area contributed by atoms with Crippen LogP contribution in [0.5, 0.6) is 0 Å². The molecule has 0 aliphatic heterocycles. The van der Waals surface area contributed by atoms with E-state index < -0.39 is 35.6 Å². The SMILES string of the molecule is FC1=CC(F)(F)C(F)(F)C(F)(F)C1(F)F.c1ccc([S+](c2ccccc2)c2ccccc2)cc1. The number of allylic oxidation sites excluding steroid dienone is 2. The maximum absolute atomic E-state index is 12.2. The summed E-state index contributed by atoms with van der Waals surface area (Å²) in [5.41, 5.74) is 0. The Labute approximate surface area is 192 Å². The van der Waals surface area contributed by atoms with Crippen LogP contribution in [0.2, 0.25) is 0 Å². The maximum atomic E-state index is 12.2. The molecule has 3 aromatic rings. The second-order valence-corrected chi connectivity index (χ2v) is 9.11. The fourth-order valence-corrected chi connectivity index (χ4v) is 5.08. The lowest BCUT2D eigenvalue weighted by molar-refractivity contribution is -0.359. The van der Waals surface area contributed by atoms with Gasteiger partial charge in [0, 0.05) is 6.08 Å². The largest absolute Gasteiger partial charge is 0.385 e. The molecule has 1 aliphatic rings. The standard InChI is InChI=1S/C18H15S.C6HF9/c1-4-10-16(11-5-1)19(17-12-6-2-7-13-17)18-14-8-3-9-15-18;7-2-1-3(8,9)5(12,13)6(14,15)4(2,10)11/h1-15H;1H/q+1;. The Balaban J connectivity index is 0.000000197. The van der Waals surface area contributed by atoms with Gasteiger partial charge in [-0.2, -0.15) is 35.1 Å². The van der Waals surface area contributed by atoms with E-state index in [1.54, 1.807) is 0 Å². The van der Waals surface area contributed by atoms with Gasteiger partial charge in [-0.15, -0.1) is 0 Å². The Morgan fingerprint density at radius 3 is 1.12 bits per heavy atom. The van der Waals surface area contributed by atoms with Crippen LogP contribution in [0.3, 0.4) is 0 Å². The van der Waals surface area contributed by atoms with Crippen molar-refractivity contribution >= 4 is 10.9 Å². The van der Waals surface area contributed by atoms with Crippen LogP contribution in [0.1, 0.15) is 0 Å². The first kappa shape index (κ1) is 25.7. The van der Waals surface area contributed by atoms with Gasteiger partial charge in [-0.25, -0.2) is 4.39 Å². The molecule has 4 rings (SSSR count). The van der Waals surface area contributed by atoms with E-state index in [1.807, 2.05) is 0 Å². The molecule has 0 N–H and O–H groups in total. The summed E-state index contributed by atoms with van der Waals surface area (Å²) in [5.74, 6) is -27.7. The van der Waals surface area contributed by atoms with Gasteiger partial charge in [-0.05, 0) is 36.4 Å². The number of rotatable bonds is 3. The summed E-state index contributed by atoms with van der Waals surface area (Å²) < 4.78 is 110. The third-order valence-electron chi connectivity index (χ3n) is 4.75. The quantitative estimate of drug-likeness (QED) is 0.248. The van der Waals surface area contributed by atoms with E-state index in [1.165, 1.54) is 14.7 Å². The molecule has 0 heterocycles. The zero-order valence-corrected chi connectivity index (χ0v) is 17.9. The summed E-state index contributed by atoms with van der Waals surface area (Å²) >= 11 is 0. The third-order valence-corrected chi connectivity index (χ3v) is 6.98. The highest BCUT2D eigenvalue weighted by molar-refractivity contribution is 7.97. The summed E-state index contributed by atoms with van der Waals surface area (Å²) in [6, 6.07) is 32.2. The number of hydrogen-bond donors (Lipinski definition) is 0. The number of alkyl halides is 8. The van der Waals surface area contributed by atoms with Gasteiger partial charge in [0.05, 0.1) is 10.9 Å². The Hall–Kier alpha value is -2.88. The lowest BCUT2D eigenvalue weighted by Gasteiger charge is -2.38. The van der Waals surface area contributed by atoms with Gasteiger partial charge in [0.25, 0.3) is 0 Å². The normalized spacial score (nSPS) is 19.5. The van der Waals surface area contributed by atoms with Crippen LogP contribution in [0.15, 0.2) is 118 Å².